The van der Waals surface area contributed by atoms with E-state index in [1.807, 2.05) is 13.0 Å². The van der Waals surface area contributed by atoms with Crippen molar-refractivity contribution in [1.29, 1.82) is 0 Å². The molecule has 2 aromatic rings. The van der Waals surface area contributed by atoms with Gasteiger partial charge in [0.25, 0.3) is 5.56 Å². The second-order valence-corrected chi connectivity index (χ2v) is 7.25. The molecular formula is C18H26N4O. The number of likely N-dealkylation sites (tertiary alicyclic amines) is 1. The molecule has 0 unspecified atom stereocenters. The molecule has 2 fully saturated rings. The van der Waals surface area contributed by atoms with Crippen LogP contribution in [0.3, 0.4) is 0 Å². The number of hydrogen-bond acceptors (Lipinski definition) is 3. The van der Waals surface area contributed by atoms with Crippen molar-refractivity contribution in [2.24, 2.45) is 0 Å². The Bertz CT molecular complexity index is 733. The quantitative estimate of drug-likeness (QED) is 0.927. The van der Waals surface area contributed by atoms with Crippen LogP contribution in [-0.4, -0.2) is 38.6 Å². The lowest BCUT2D eigenvalue weighted by Gasteiger charge is -2.39. The third kappa shape index (κ3) is 2.94. The van der Waals surface area contributed by atoms with Gasteiger partial charge in [-0.15, -0.1) is 0 Å². The molecule has 2 aliphatic rings. The van der Waals surface area contributed by atoms with Crippen molar-refractivity contribution in [3.8, 4) is 0 Å². The van der Waals surface area contributed by atoms with Gasteiger partial charge in [0.1, 0.15) is 0 Å². The molecule has 1 aliphatic carbocycles. The zero-order valence-electron chi connectivity index (χ0n) is 13.9. The van der Waals surface area contributed by atoms with Gasteiger partial charge in [0.05, 0.1) is 5.69 Å². The minimum Gasteiger partial charge on any atom is -0.300 e. The molecule has 0 aromatic carbocycles. The van der Waals surface area contributed by atoms with Crippen LogP contribution in [0.2, 0.25) is 0 Å². The van der Waals surface area contributed by atoms with E-state index in [1.54, 1.807) is 6.07 Å². The van der Waals surface area contributed by atoms with Gasteiger partial charge >= 0.3 is 0 Å². The van der Waals surface area contributed by atoms with Gasteiger partial charge in [0.2, 0.25) is 0 Å². The first-order chi connectivity index (χ1) is 11.2. The summed E-state index contributed by atoms with van der Waals surface area (Å²) in [6, 6.07) is 4.48. The first-order valence-electron chi connectivity index (χ1n) is 9.04. The summed E-state index contributed by atoms with van der Waals surface area (Å²) in [5.74, 6) is 0.433. The summed E-state index contributed by atoms with van der Waals surface area (Å²) in [5.41, 5.74) is 2.71. The van der Waals surface area contributed by atoms with E-state index in [9.17, 15) is 4.79 Å². The molecule has 23 heavy (non-hydrogen) atoms. The number of rotatable bonds is 2. The van der Waals surface area contributed by atoms with E-state index in [0.717, 1.165) is 49.0 Å². The number of aromatic nitrogens is 3. The summed E-state index contributed by atoms with van der Waals surface area (Å²) < 4.78 is 1.54. The average Bonchev–Trinajstić information content (AvgIpc) is 2.97. The first kappa shape index (κ1) is 14.9. The maximum atomic E-state index is 12.2. The molecule has 1 saturated carbocycles. The van der Waals surface area contributed by atoms with Crippen LogP contribution in [-0.2, 0) is 0 Å². The number of fused-ring (bicyclic) bond motifs is 1. The normalized spacial score (nSPS) is 22.0. The highest BCUT2D eigenvalue weighted by Crippen LogP contribution is 2.31. The Morgan fingerprint density at radius 3 is 2.57 bits per heavy atom. The SMILES string of the molecule is Cc1cc2nc(C3CCN(C4CCCCC4)CC3)cc(=O)n2[nH]1. The lowest BCUT2D eigenvalue weighted by molar-refractivity contribution is 0.121. The molecule has 2 aromatic heterocycles. The van der Waals surface area contributed by atoms with Crippen LogP contribution in [0.4, 0.5) is 0 Å². The van der Waals surface area contributed by atoms with Gasteiger partial charge in [-0.1, -0.05) is 19.3 Å². The molecule has 1 aliphatic heterocycles. The van der Waals surface area contributed by atoms with Gasteiger partial charge in [0.15, 0.2) is 5.65 Å². The fourth-order valence-electron chi connectivity index (χ4n) is 4.35. The van der Waals surface area contributed by atoms with Gasteiger partial charge in [-0.3, -0.25) is 9.89 Å². The number of aromatic amines is 1. The van der Waals surface area contributed by atoms with Gasteiger partial charge < -0.3 is 4.90 Å². The van der Waals surface area contributed by atoms with E-state index in [4.69, 9.17) is 4.98 Å². The Hall–Kier alpha value is -1.62. The summed E-state index contributed by atoms with van der Waals surface area (Å²) in [4.78, 5) is 19.7. The van der Waals surface area contributed by atoms with Crippen LogP contribution in [0.1, 0.15) is 62.3 Å². The molecule has 1 N–H and O–H groups in total. The number of nitrogens with zero attached hydrogens (tertiary/aromatic N) is 3. The average molecular weight is 314 g/mol. The topological polar surface area (TPSA) is 53.4 Å². The van der Waals surface area contributed by atoms with Crippen molar-refractivity contribution < 1.29 is 0 Å². The van der Waals surface area contributed by atoms with Crippen LogP contribution < -0.4 is 5.56 Å². The number of aryl methyl sites for hydroxylation is 1. The Balaban J connectivity index is 1.48. The van der Waals surface area contributed by atoms with E-state index in [1.165, 1.54) is 36.6 Å². The predicted octanol–water partition coefficient (Wildman–Crippen LogP) is 2.84. The number of piperidine rings is 1. The zero-order valence-corrected chi connectivity index (χ0v) is 13.9. The number of nitrogens with one attached hydrogen (secondary N) is 1. The van der Waals surface area contributed by atoms with Crippen molar-refractivity contribution in [2.45, 2.75) is 63.8 Å². The molecule has 5 heteroatoms. The molecular weight excluding hydrogens is 288 g/mol. The van der Waals surface area contributed by atoms with Crippen molar-refractivity contribution in [3.05, 3.63) is 33.9 Å². The fourth-order valence-corrected chi connectivity index (χ4v) is 4.35. The Kier molecular flexibility index (Phi) is 3.97. The van der Waals surface area contributed by atoms with Crippen LogP contribution in [0.15, 0.2) is 16.9 Å². The zero-order chi connectivity index (χ0) is 15.8. The second-order valence-electron chi connectivity index (χ2n) is 7.25. The molecule has 4 rings (SSSR count). The third-order valence-electron chi connectivity index (χ3n) is 5.64. The molecule has 1 saturated heterocycles. The summed E-state index contributed by atoms with van der Waals surface area (Å²) in [7, 11) is 0. The lowest BCUT2D eigenvalue weighted by Crippen LogP contribution is -2.42. The molecule has 0 bridgehead atoms. The molecule has 0 atom stereocenters. The van der Waals surface area contributed by atoms with Crippen LogP contribution in [0.5, 0.6) is 0 Å². The van der Waals surface area contributed by atoms with Crippen molar-refractivity contribution >= 4 is 5.65 Å². The maximum Gasteiger partial charge on any atom is 0.272 e. The smallest absolute Gasteiger partial charge is 0.272 e. The van der Waals surface area contributed by atoms with Gasteiger partial charge in [0, 0.05) is 29.8 Å². The third-order valence-corrected chi connectivity index (χ3v) is 5.64. The largest absolute Gasteiger partial charge is 0.300 e. The Labute approximate surface area is 136 Å². The van der Waals surface area contributed by atoms with E-state index in [2.05, 4.69) is 10.00 Å². The van der Waals surface area contributed by atoms with E-state index in [0.29, 0.717) is 5.92 Å². The van der Waals surface area contributed by atoms with Crippen molar-refractivity contribution in [3.63, 3.8) is 0 Å². The first-order valence-corrected chi connectivity index (χ1v) is 9.04. The standard InChI is InChI=1S/C18H26N4O/c1-13-11-17-19-16(12-18(23)22(17)20-13)14-7-9-21(10-8-14)15-5-3-2-4-6-15/h11-12,14-15,20H,2-10H2,1H3. The molecule has 0 spiro atoms. The lowest BCUT2D eigenvalue weighted by atomic mass is 9.89. The molecule has 0 amide bonds. The van der Waals surface area contributed by atoms with Crippen LogP contribution >= 0.6 is 0 Å². The van der Waals surface area contributed by atoms with Crippen molar-refractivity contribution in [2.75, 3.05) is 13.1 Å². The van der Waals surface area contributed by atoms with Gasteiger partial charge in [-0.2, -0.15) is 0 Å². The Morgan fingerprint density at radius 2 is 1.83 bits per heavy atom. The van der Waals surface area contributed by atoms with Gasteiger partial charge in [-0.25, -0.2) is 9.50 Å². The Morgan fingerprint density at radius 1 is 1.09 bits per heavy atom. The summed E-state index contributed by atoms with van der Waals surface area (Å²) in [6.45, 7) is 4.27. The molecule has 3 heterocycles. The van der Waals surface area contributed by atoms with E-state index < -0.39 is 0 Å². The van der Waals surface area contributed by atoms with E-state index in [-0.39, 0.29) is 5.56 Å². The number of H-pyrrole nitrogens is 1. The minimum absolute atomic E-state index is 0.00723. The predicted molar refractivity (Wildman–Crippen MR) is 91.0 cm³/mol. The minimum atomic E-state index is 0.00723. The molecule has 5 nitrogen and oxygen atoms in total. The van der Waals surface area contributed by atoms with E-state index >= 15 is 0 Å². The van der Waals surface area contributed by atoms with Gasteiger partial charge in [-0.05, 0) is 45.7 Å². The van der Waals surface area contributed by atoms with Crippen LogP contribution in [0.25, 0.3) is 5.65 Å². The summed E-state index contributed by atoms with van der Waals surface area (Å²) >= 11 is 0. The molecule has 124 valence electrons. The summed E-state index contributed by atoms with van der Waals surface area (Å²) in [6.07, 6.45) is 9.21. The monoisotopic (exact) mass is 314 g/mol. The highest BCUT2D eigenvalue weighted by Gasteiger charge is 2.27. The fraction of sp³-hybridized carbons (Fsp3) is 0.667. The highest BCUT2D eigenvalue weighted by molar-refractivity contribution is 5.39. The highest BCUT2D eigenvalue weighted by atomic mass is 16.1. The second kappa shape index (κ2) is 6.11. The van der Waals surface area contributed by atoms with Crippen LogP contribution in [0, 0.1) is 6.92 Å². The molecule has 0 radical (unpaired) electrons. The number of hydrogen-bond donors (Lipinski definition) is 1. The van der Waals surface area contributed by atoms with Crippen molar-refractivity contribution in [1.82, 2.24) is 19.5 Å². The maximum absolute atomic E-state index is 12.2. The summed E-state index contributed by atoms with van der Waals surface area (Å²) in [5, 5.41) is 3.04.